The van der Waals surface area contributed by atoms with Gasteiger partial charge in [-0.25, -0.2) is 0 Å². The molecule has 0 spiro atoms. The van der Waals surface area contributed by atoms with Crippen molar-refractivity contribution in [3.05, 3.63) is 27.1 Å². The fourth-order valence-corrected chi connectivity index (χ4v) is 3.13. The van der Waals surface area contributed by atoms with Gasteiger partial charge in [-0.3, -0.25) is 19.8 Å². The zero-order chi connectivity index (χ0) is 14.0. The lowest BCUT2D eigenvalue weighted by molar-refractivity contribution is -0.380. The van der Waals surface area contributed by atoms with Crippen molar-refractivity contribution in [3.8, 4) is 0 Å². The van der Waals surface area contributed by atoms with Crippen LogP contribution in [-0.4, -0.2) is 28.3 Å². The first-order chi connectivity index (χ1) is 8.97. The minimum absolute atomic E-state index is 0.107. The van der Waals surface area contributed by atoms with Crippen molar-refractivity contribution in [1.29, 1.82) is 0 Å². The molecule has 1 aliphatic rings. The van der Waals surface area contributed by atoms with Gasteiger partial charge >= 0.3 is 5.00 Å². The number of hydrogen-bond donors (Lipinski definition) is 1. The lowest BCUT2D eigenvalue weighted by Crippen LogP contribution is -2.45. The maximum Gasteiger partial charge on any atom is 0.324 e. The first-order valence-corrected chi connectivity index (χ1v) is 7.10. The molecule has 1 aliphatic heterocycles. The Hall–Kier alpha value is -1.47. The maximum absolute atomic E-state index is 11.3. The second kappa shape index (κ2) is 5.66. The van der Waals surface area contributed by atoms with Gasteiger partial charge in [0.1, 0.15) is 0 Å². The molecule has 0 radical (unpaired) electrons. The summed E-state index contributed by atoms with van der Waals surface area (Å²) in [6.07, 6.45) is 1.76. The van der Waals surface area contributed by atoms with E-state index in [1.165, 1.54) is 0 Å². The predicted molar refractivity (Wildman–Crippen MR) is 72.8 cm³/mol. The Kier molecular flexibility index (Phi) is 4.16. The number of primary amides is 1. The van der Waals surface area contributed by atoms with E-state index in [0.29, 0.717) is 19.1 Å². The van der Waals surface area contributed by atoms with Gasteiger partial charge in [-0.1, -0.05) is 11.3 Å². The van der Waals surface area contributed by atoms with Gasteiger partial charge in [-0.05, 0) is 25.3 Å². The molecule has 0 aromatic carbocycles. The fourth-order valence-electron chi connectivity index (χ4n) is 2.41. The first kappa shape index (κ1) is 14.0. The van der Waals surface area contributed by atoms with Gasteiger partial charge in [0.25, 0.3) is 0 Å². The van der Waals surface area contributed by atoms with E-state index < -0.39 is 0 Å². The van der Waals surface area contributed by atoms with E-state index in [0.717, 1.165) is 29.7 Å². The van der Waals surface area contributed by atoms with Gasteiger partial charge in [-0.2, -0.15) is 0 Å². The third-order valence-electron chi connectivity index (χ3n) is 3.62. The summed E-state index contributed by atoms with van der Waals surface area (Å²) in [4.78, 5) is 23.7. The van der Waals surface area contributed by atoms with E-state index in [-0.39, 0.29) is 21.7 Å². The van der Waals surface area contributed by atoms with Crippen molar-refractivity contribution in [2.45, 2.75) is 32.4 Å². The normalized spacial score (nSPS) is 24.3. The third kappa shape index (κ3) is 3.30. The number of nitrogens with zero attached hydrogens (tertiary/aromatic N) is 2. The minimum atomic E-state index is -0.375. The number of carbonyl (C=O) groups excluding carboxylic acids is 1. The van der Waals surface area contributed by atoms with E-state index in [1.807, 2.05) is 0 Å². The number of rotatable bonds is 4. The Morgan fingerprint density at radius 1 is 1.63 bits per heavy atom. The van der Waals surface area contributed by atoms with E-state index in [2.05, 4.69) is 11.8 Å². The number of nitro groups is 1. The smallest absolute Gasteiger partial charge is 0.324 e. The van der Waals surface area contributed by atoms with Crippen molar-refractivity contribution < 1.29 is 9.72 Å². The molecular formula is C12H17N3O3S. The van der Waals surface area contributed by atoms with E-state index >= 15 is 0 Å². The number of piperidine rings is 1. The number of thiophene rings is 1. The van der Waals surface area contributed by atoms with Crippen LogP contribution in [0.5, 0.6) is 0 Å². The molecule has 0 saturated carbocycles. The average Bonchev–Trinajstić information content (AvgIpc) is 2.80. The molecular weight excluding hydrogens is 266 g/mol. The highest BCUT2D eigenvalue weighted by Crippen LogP contribution is 2.27. The van der Waals surface area contributed by atoms with Crippen molar-refractivity contribution >= 4 is 22.2 Å². The molecule has 2 N–H and O–H groups in total. The quantitative estimate of drug-likeness (QED) is 0.673. The van der Waals surface area contributed by atoms with Crippen LogP contribution in [0.15, 0.2) is 11.4 Å². The Balaban J connectivity index is 2.03. The molecule has 1 aromatic rings. The number of likely N-dealkylation sites (tertiary alicyclic amines) is 1. The summed E-state index contributed by atoms with van der Waals surface area (Å²) in [6, 6.07) is 1.97. The average molecular weight is 283 g/mol. The van der Waals surface area contributed by atoms with Crippen LogP contribution < -0.4 is 5.73 Å². The minimum Gasteiger partial charge on any atom is -0.369 e. The molecule has 1 aromatic heterocycles. The maximum atomic E-state index is 11.3. The Morgan fingerprint density at radius 3 is 2.95 bits per heavy atom. The molecule has 7 heteroatoms. The lowest BCUT2D eigenvalue weighted by atomic mass is 9.92. The molecule has 19 heavy (non-hydrogen) atoms. The molecule has 0 unspecified atom stereocenters. The summed E-state index contributed by atoms with van der Waals surface area (Å²) in [5.41, 5.74) is 6.28. The third-order valence-corrected chi connectivity index (χ3v) is 4.55. The summed E-state index contributed by atoms with van der Waals surface area (Å²) < 4.78 is 0. The van der Waals surface area contributed by atoms with Crippen LogP contribution in [0.25, 0.3) is 0 Å². The van der Waals surface area contributed by atoms with Crippen LogP contribution in [0, 0.1) is 16.0 Å². The highest BCUT2D eigenvalue weighted by molar-refractivity contribution is 7.13. The summed E-state index contributed by atoms with van der Waals surface area (Å²) in [6.45, 7) is 3.38. The van der Waals surface area contributed by atoms with Crippen LogP contribution in [0.3, 0.4) is 0 Å². The predicted octanol–water partition coefficient (Wildman–Crippen LogP) is 1.74. The second-order valence-corrected chi connectivity index (χ2v) is 5.90. The van der Waals surface area contributed by atoms with E-state index in [4.69, 9.17) is 5.73 Å². The monoisotopic (exact) mass is 283 g/mol. The fraction of sp³-hybridized carbons (Fsp3) is 0.583. The Labute approximate surface area is 115 Å². The van der Waals surface area contributed by atoms with Gasteiger partial charge < -0.3 is 5.73 Å². The molecule has 1 saturated heterocycles. The second-order valence-electron chi connectivity index (χ2n) is 5.01. The highest BCUT2D eigenvalue weighted by atomic mass is 32.1. The van der Waals surface area contributed by atoms with Gasteiger partial charge in [-0.15, -0.1) is 0 Å². The molecule has 2 rings (SSSR count). The number of nitrogens with two attached hydrogens (primary N) is 1. The topological polar surface area (TPSA) is 89.5 Å². The zero-order valence-corrected chi connectivity index (χ0v) is 11.6. The van der Waals surface area contributed by atoms with Crippen molar-refractivity contribution in [3.63, 3.8) is 0 Å². The van der Waals surface area contributed by atoms with Gasteiger partial charge in [0, 0.05) is 30.6 Å². The van der Waals surface area contributed by atoms with E-state index in [9.17, 15) is 14.9 Å². The summed E-state index contributed by atoms with van der Waals surface area (Å²) in [5.74, 6) is -0.363. The summed E-state index contributed by atoms with van der Waals surface area (Å²) in [5, 5.41) is 12.6. The van der Waals surface area contributed by atoms with Crippen LogP contribution >= 0.6 is 11.3 Å². The molecule has 104 valence electrons. The van der Waals surface area contributed by atoms with Crippen LogP contribution in [0.4, 0.5) is 5.00 Å². The lowest BCUT2D eigenvalue weighted by Gasteiger charge is -2.36. The molecule has 2 heterocycles. The Bertz CT molecular complexity index is 488. The number of carbonyl (C=O) groups is 1. The standard InChI is InChI=1S/C12H17N3O3S/c1-8-2-3-10(12(13)16)6-14(8)5-9-4-11(15(17)18)19-7-9/h4,7-8,10H,2-3,5-6H2,1H3,(H2,13,16)/t8-,10-/m1/s1. The molecule has 2 atom stereocenters. The summed E-state index contributed by atoms with van der Waals surface area (Å²) in [7, 11) is 0. The molecule has 0 bridgehead atoms. The van der Waals surface area contributed by atoms with Gasteiger partial charge in [0.2, 0.25) is 5.91 Å². The molecule has 1 amide bonds. The number of hydrogen-bond acceptors (Lipinski definition) is 5. The molecule has 6 nitrogen and oxygen atoms in total. The van der Waals surface area contributed by atoms with Crippen LogP contribution in [-0.2, 0) is 11.3 Å². The first-order valence-electron chi connectivity index (χ1n) is 6.22. The largest absolute Gasteiger partial charge is 0.369 e. The van der Waals surface area contributed by atoms with E-state index in [1.54, 1.807) is 11.4 Å². The summed E-state index contributed by atoms with van der Waals surface area (Å²) >= 11 is 1.14. The van der Waals surface area contributed by atoms with Gasteiger partial charge in [0.15, 0.2) is 0 Å². The number of amides is 1. The van der Waals surface area contributed by atoms with Gasteiger partial charge in [0.05, 0.1) is 10.8 Å². The highest BCUT2D eigenvalue weighted by Gasteiger charge is 2.28. The van der Waals surface area contributed by atoms with Crippen LogP contribution in [0.1, 0.15) is 25.3 Å². The molecule has 1 fully saturated rings. The molecule has 0 aliphatic carbocycles. The Morgan fingerprint density at radius 2 is 2.37 bits per heavy atom. The zero-order valence-electron chi connectivity index (χ0n) is 10.7. The van der Waals surface area contributed by atoms with Crippen molar-refractivity contribution in [2.75, 3.05) is 6.54 Å². The van der Waals surface area contributed by atoms with Crippen molar-refractivity contribution in [1.82, 2.24) is 4.90 Å². The van der Waals surface area contributed by atoms with Crippen molar-refractivity contribution in [2.24, 2.45) is 11.7 Å². The van der Waals surface area contributed by atoms with Crippen LogP contribution in [0.2, 0.25) is 0 Å². The SMILES string of the molecule is C[C@@H]1CC[C@@H](C(N)=O)CN1Cc1csc([N+](=O)[O-])c1.